The highest BCUT2D eigenvalue weighted by atomic mass is 79.9. The lowest BCUT2D eigenvalue weighted by Crippen LogP contribution is -2.42. The molecule has 1 aromatic rings. The predicted octanol–water partition coefficient (Wildman–Crippen LogP) is 3.12. The van der Waals surface area contributed by atoms with Crippen LogP contribution in [0.4, 0.5) is 0 Å². The molecule has 0 spiro atoms. The average Bonchev–Trinajstić information content (AvgIpc) is 2.37. The molecule has 4 nitrogen and oxygen atoms in total. The molecule has 2 atom stereocenters. The second-order valence-corrected chi connectivity index (χ2v) is 8.36. The molecule has 0 N–H and O–H groups in total. The van der Waals surface area contributed by atoms with E-state index >= 15 is 0 Å². The summed E-state index contributed by atoms with van der Waals surface area (Å²) in [4.78, 5) is 0.291. The highest BCUT2D eigenvalue weighted by molar-refractivity contribution is 9.10. The number of hydrogen-bond donors (Lipinski definition) is 0. The van der Waals surface area contributed by atoms with Crippen LogP contribution in [0.5, 0.6) is 5.75 Å². The molecule has 0 aliphatic carbocycles. The molecular weight excluding hydrogens is 342 g/mol. The van der Waals surface area contributed by atoms with Crippen molar-refractivity contribution in [3.63, 3.8) is 0 Å². The lowest BCUT2D eigenvalue weighted by Gasteiger charge is -2.34. The predicted molar refractivity (Wildman–Crippen MR) is 82.4 cm³/mol. The van der Waals surface area contributed by atoms with E-state index in [0.717, 1.165) is 10.9 Å². The molecule has 0 saturated carbocycles. The number of hydrogen-bond acceptors (Lipinski definition) is 3. The third-order valence-electron chi connectivity index (χ3n) is 3.60. The highest BCUT2D eigenvalue weighted by Crippen LogP contribution is 2.31. The van der Waals surface area contributed by atoms with Crippen molar-refractivity contribution >= 4 is 26.0 Å². The smallest absolute Gasteiger partial charge is 0.243 e. The maximum absolute atomic E-state index is 12.7. The van der Waals surface area contributed by atoms with Crippen molar-refractivity contribution in [3.05, 3.63) is 22.7 Å². The molecule has 2 rings (SSSR count). The summed E-state index contributed by atoms with van der Waals surface area (Å²) in [5.41, 5.74) is 0. The van der Waals surface area contributed by atoms with E-state index in [1.807, 2.05) is 0 Å². The van der Waals surface area contributed by atoms with Crippen molar-refractivity contribution in [2.75, 3.05) is 20.2 Å². The van der Waals surface area contributed by atoms with Crippen molar-refractivity contribution in [1.82, 2.24) is 4.31 Å². The van der Waals surface area contributed by atoms with Crippen LogP contribution in [0.15, 0.2) is 27.6 Å². The average molecular weight is 362 g/mol. The molecule has 1 aromatic carbocycles. The fourth-order valence-corrected chi connectivity index (χ4v) is 4.86. The molecule has 0 amide bonds. The van der Waals surface area contributed by atoms with Crippen molar-refractivity contribution in [2.45, 2.75) is 25.2 Å². The van der Waals surface area contributed by atoms with Gasteiger partial charge in [-0.3, -0.25) is 0 Å². The number of benzene rings is 1. The Labute approximate surface area is 129 Å². The highest BCUT2D eigenvalue weighted by Gasteiger charge is 2.31. The molecular formula is C14H20BrNO3S. The van der Waals surface area contributed by atoms with Crippen molar-refractivity contribution in [2.24, 2.45) is 11.8 Å². The third kappa shape index (κ3) is 3.18. The van der Waals surface area contributed by atoms with Gasteiger partial charge in [-0.05, 0) is 46.3 Å². The first-order valence-electron chi connectivity index (χ1n) is 6.68. The van der Waals surface area contributed by atoms with Crippen LogP contribution in [0.1, 0.15) is 20.3 Å². The first-order valence-corrected chi connectivity index (χ1v) is 8.91. The molecule has 112 valence electrons. The molecule has 0 bridgehead atoms. The number of rotatable bonds is 3. The Balaban J connectivity index is 2.34. The van der Waals surface area contributed by atoms with E-state index in [0.29, 0.717) is 35.6 Å². The molecule has 1 aliphatic heterocycles. The molecule has 1 saturated heterocycles. The number of methoxy groups -OCH3 is 1. The van der Waals surface area contributed by atoms with Gasteiger partial charge in [-0.2, -0.15) is 4.31 Å². The molecule has 20 heavy (non-hydrogen) atoms. The summed E-state index contributed by atoms with van der Waals surface area (Å²) in [6.07, 6.45) is 1.08. The van der Waals surface area contributed by atoms with Crippen LogP contribution >= 0.6 is 15.9 Å². The van der Waals surface area contributed by atoms with Gasteiger partial charge in [0.1, 0.15) is 5.75 Å². The Morgan fingerprint density at radius 1 is 1.25 bits per heavy atom. The molecule has 1 fully saturated rings. The normalized spacial score (nSPS) is 24.6. The standard InChI is InChI=1S/C14H20BrNO3S/c1-10-6-11(2)9-16(8-10)20(17,18)12-4-5-13(15)14(7-12)19-3/h4-5,7,10-11H,6,8-9H2,1-3H3. The third-order valence-corrected chi connectivity index (χ3v) is 6.08. The zero-order valence-corrected chi connectivity index (χ0v) is 14.4. The summed E-state index contributed by atoms with van der Waals surface area (Å²) < 4.78 is 32.9. The number of piperidine rings is 1. The fraction of sp³-hybridized carbons (Fsp3) is 0.571. The van der Waals surface area contributed by atoms with Crippen LogP contribution in [0.3, 0.4) is 0 Å². The molecule has 2 unspecified atom stereocenters. The maximum Gasteiger partial charge on any atom is 0.243 e. The van der Waals surface area contributed by atoms with Gasteiger partial charge in [0.05, 0.1) is 16.5 Å². The Morgan fingerprint density at radius 3 is 2.40 bits per heavy atom. The van der Waals surface area contributed by atoms with Crippen LogP contribution in [0.2, 0.25) is 0 Å². The van der Waals surface area contributed by atoms with Crippen LogP contribution in [-0.2, 0) is 10.0 Å². The van der Waals surface area contributed by atoms with Crippen LogP contribution in [0.25, 0.3) is 0 Å². The van der Waals surface area contributed by atoms with Gasteiger partial charge in [0, 0.05) is 19.2 Å². The Bertz CT molecular complexity index is 578. The van der Waals surface area contributed by atoms with Gasteiger partial charge < -0.3 is 4.74 Å². The fourth-order valence-electron chi connectivity index (χ4n) is 2.75. The Kier molecular flexibility index (Phi) is 4.76. The number of halogens is 1. The van der Waals surface area contributed by atoms with E-state index in [1.54, 1.807) is 22.5 Å². The van der Waals surface area contributed by atoms with Crippen LogP contribution < -0.4 is 4.74 Å². The molecule has 1 heterocycles. The lowest BCUT2D eigenvalue weighted by molar-refractivity contribution is 0.222. The zero-order valence-electron chi connectivity index (χ0n) is 12.0. The Hall–Kier alpha value is -0.590. The number of nitrogens with zero attached hydrogens (tertiary/aromatic N) is 1. The molecule has 0 radical (unpaired) electrons. The SMILES string of the molecule is COc1cc(S(=O)(=O)N2CC(C)CC(C)C2)ccc1Br. The topological polar surface area (TPSA) is 46.6 Å². The quantitative estimate of drug-likeness (QED) is 0.830. The van der Waals surface area contributed by atoms with Crippen molar-refractivity contribution < 1.29 is 13.2 Å². The second kappa shape index (κ2) is 6.03. The minimum Gasteiger partial charge on any atom is -0.496 e. The van der Waals surface area contributed by atoms with Crippen molar-refractivity contribution in [1.29, 1.82) is 0 Å². The Morgan fingerprint density at radius 2 is 1.85 bits per heavy atom. The largest absolute Gasteiger partial charge is 0.496 e. The summed E-state index contributed by atoms with van der Waals surface area (Å²) in [7, 11) is -1.92. The summed E-state index contributed by atoms with van der Waals surface area (Å²) in [5.74, 6) is 1.32. The van der Waals surface area contributed by atoms with Gasteiger partial charge in [0.25, 0.3) is 0 Å². The van der Waals surface area contributed by atoms with E-state index < -0.39 is 10.0 Å². The maximum atomic E-state index is 12.7. The van der Waals surface area contributed by atoms with Crippen LogP contribution in [0, 0.1) is 11.8 Å². The second-order valence-electron chi connectivity index (χ2n) is 5.56. The lowest BCUT2D eigenvalue weighted by atomic mass is 9.94. The minimum absolute atomic E-state index is 0.291. The van der Waals surface area contributed by atoms with Gasteiger partial charge in [-0.15, -0.1) is 0 Å². The first kappa shape index (κ1) is 15.8. The molecule has 6 heteroatoms. The van der Waals surface area contributed by atoms with Gasteiger partial charge in [0.2, 0.25) is 10.0 Å². The van der Waals surface area contributed by atoms with E-state index in [1.165, 1.54) is 7.11 Å². The molecule has 0 aromatic heterocycles. The summed E-state index contributed by atoms with van der Waals surface area (Å²) >= 11 is 3.34. The first-order chi connectivity index (χ1) is 9.34. The van der Waals surface area contributed by atoms with E-state index in [-0.39, 0.29) is 0 Å². The van der Waals surface area contributed by atoms with E-state index in [2.05, 4.69) is 29.8 Å². The van der Waals surface area contributed by atoms with Gasteiger partial charge in [-0.25, -0.2) is 8.42 Å². The number of sulfonamides is 1. The summed E-state index contributed by atoms with van der Waals surface area (Å²) in [5, 5.41) is 0. The van der Waals surface area contributed by atoms with E-state index in [4.69, 9.17) is 4.74 Å². The molecule has 1 aliphatic rings. The van der Waals surface area contributed by atoms with Crippen molar-refractivity contribution in [3.8, 4) is 5.75 Å². The monoisotopic (exact) mass is 361 g/mol. The van der Waals surface area contributed by atoms with Gasteiger partial charge in [0.15, 0.2) is 0 Å². The van der Waals surface area contributed by atoms with Crippen LogP contribution in [-0.4, -0.2) is 32.9 Å². The summed E-state index contributed by atoms with van der Waals surface area (Å²) in [6.45, 7) is 5.37. The van der Waals surface area contributed by atoms with Gasteiger partial charge in [-0.1, -0.05) is 13.8 Å². The van der Waals surface area contributed by atoms with Gasteiger partial charge >= 0.3 is 0 Å². The number of ether oxygens (including phenoxy) is 1. The minimum atomic E-state index is -3.44. The summed E-state index contributed by atoms with van der Waals surface area (Å²) in [6, 6.07) is 4.90. The zero-order chi connectivity index (χ0) is 14.9. The van der Waals surface area contributed by atoms with E-state index in [9.17, 15) is 8.42 Å².